The normalized spacial score (nSPS) is 14.8. The predicted molar refractivity (Wildman–Crippen MR) is 101 cm³/mol. The first kappa shape index (κ1) is 18.0. The number of hydrogen-bond acceptors (Lipinski definition) is 6. The fraction of sp³-hybridized carbons (Fsp3) is 0.471. The SMILES string of the molecule is CC(C)(C)NC(=O)CN1CCc2nc(NC(=O)c3ccsc3)sc2C1. The molecule has 2 aromatic heterocycles. The molecule has 3 heterocycles. The van der Waals surface area contributed by atoms with Gasteiger partial charge in [0.2, 0.25) is 5.91 Å². The van der Waals surface area contributed by atoms with Crippen LogP contribution < -0.4 is 10.6 Å². The van der Waals surface area contributed by atoms with Crippen molar-refractivity contribution in [3.63, 3.8) is 0 Å². The van der Waals surface area contributed by atoms with Gasteiger partial charge in [0.15, 0.2) is 5.13 Å². The second kappa shape index (κ2) is 7.23. The first-order valence-corrected chi connectivity index (χ1v) is 9.91. The molecule has 0 radical (unpaired) electrons. The number of thiazole rings is 1. The number of thiophene rings is 1. The molecule has 2 N–H and O–H groups in total. The molecule has 0 aliphatic carbocycles. The molecule has 0 saturated heterocycles. The molecular formula is C17H22N4O2S2. The second-order valence-corrected chi connectivity index (χ2v) is 8.98. The van der Waals surface area contributed by atoms with E-state index in [-0.39, 0.29) is 17.4 Å². The van der Waals surface area contributed by atoms with Crippen LogP contribution in [0.3, 0.4) is 0 Å². The molecule has 0 spiro atoms. The molecule has 8 heteroatoms. The highest BCUT2D eigenvalue weighted by atomic mass is 32.1. The summed E-state index contributed by atoms with van der Waals surface area (Å²) < 4.78 is 0. The summed E-state index contributed by atoms with van der Waals surface area (Å²) in [6.07, 6.45) is 0.795. The van der Waals surface area contributed by atoms with Gasteiger partial charge in [-0.05, 0) is 32.2 Å². The lowest BCUT2D eigenvalue weighted by molar-refractivity contribution is -0.123. The van der Waals surface area contributed by atoms with Gasteiger partial charge in [-0.15, -0.1) is 11.3 Å². The summed E-state index contributed by atoms with van der Waals surface area (Å²) in [6.45, 7) is 7.80. The average Bonchev–Trinajstić information content (AvgIpc) is 3.13. The summed E-state index contributed by atoms with van der Waals surface area (Å²) in [5.74, 6) is -0.0970. The molecule has 1 aliphatic heterocycles. The fourth-order valence-corrected chi connectivity index (χ4v) is 4.34. The highest BCUT2D eigenvalue weighted by Crippen LogP contribution is 2.28. The van der Waals surface area contributed by atoms with Crippen molar-refractivity contribution in [2.24, 2.45) is 0 Å². The van der Waals surface area contributed by atoms with Gasteiger partial charge < -0.3 is 5.32 Å². The summed E-state index contributed by atoms with van der Waals surface area (Å²) in [6, 6.07) is 1.79. The Balaban J connectivity index is 1.59. The number of hydrogen-bond donors (Lipinski definition) is 2. The van der Waals surface area contributed by atoms with Gasteiger partial charge in [0, 0.05) is 35.3 Å². The van der Waals surface area contributed by atoms with E-state index in [1.54, 1.807) is 6.07 Å². The molecule has 1 aliphatic rings. The van der Waals surface area contributed by atoms with Crippen LogP contribution in [0.5, 0.6) is 0 Å². The van der Waals surface area contributed by atoms with Crippen LogP contribution in [0, 0.1) is 0 Å². The molecule has 3 rings (SSSR count). The van der Waals surface area contributed by atoms with E-state index in [1.807, 2.05) is 31.5 Å². The van der Waals surface area contributed by atoms with Crippen LogP contribution in [-0.4, -0.2) is 40.3 Å². The third kappa shape index (κ3) is 4.87. The lowest BCUT2D eigenvalue weighted by atomic mass is 10.1. The molecule has 134 valence electrons. The maximum Gasteiger partial charge on any atom is 0.258 e. The van der Waals surface area contributed by atoms with Crippen molar-refractivity contribution in [2.75, 3.05) is 18.4 Å². The fourth-order valence-electron chi connectivity index (χ4n) is 2.66. The topological polar surface area (TPSA) is 74.3 Å². The smallest absolute Gasteiger partial charge is 0.258 e. The van der Waals surface area contributed by atoms with Crippen LogP contribution >= 0.6 is 22.7 Å². The van der Waals surface area contributed by atoms with Crippen molar-refractivity contribution in [1.29, 1.82) is 0 Å². The Morgan fingerprint density at radius 2 is 2.16 bits per heavy atom. The minimum Gasteiger partial charge on any atom is -0.350 e. The Bertz CT molecular complexity index is 762. The highest BCUT2D eigenvalue weighted by molar-refractivity contribution is 7.16. The average molecular weight is 379 g/mol. The summed E-state index contributed by atoms with van der Waals surface area (Å²) in [5, 5.41) is 10.2. The molecule has 2 aromatic rings. The Kier molecular flexibility index (Phi) is 5.21. The number of nitrogens with one attached hydrogen (secondary N) is 2. The molecule has 0 saturated carbocycles. The summed E-state index contributed by atoms with van der Waals surface area (Å²) in [5.41, 5.74) is 1.46. The predicted octanol–water partition coefficient (Wildman–Crippen LogP) is 2.73. The van der Waals surface area contributed by atoms with Gasteiger partial charge in [-0.2, -0.15) is 11.3 Å². The van der Waals surface area contributed by atoms with Gasteiger partial charge in [-0.1, -0.05) is 0 Å². The largest absolute Gasteiger partial charge is 0.350 e. The van der Waals surface area contributed by atoms with E-state index in [0.717, 1.165) is 23.5 Å². The van der Waals surface area contributed by atoms with Gasteiger partial charge in [0.1, 0.15) is 0 Å². The van der Waals surface area contributed by atoms with Crippen LogP contribution in [0.25, 0.3) is 0 Å². The van der Waals surface area contributed by atoms with Crippen LogP contribution in [-0.2, 0) is 17.8 Å². The standard InChI is InChI=1S/C17H22N4O2S2/c1-17(2,3)20-14(22)9-21-6-4-12-13(8-21)25-16(18-12)19-15(23)11-5-7-24-10-11/h5,7,10H,4,6,8-9H2,1-3H3,(H,20,22)(H,18,19,23). The third-order valence-electron chi connectivity index (χ3n) is 3.70. The van der Waals surface area contributed by atoms with Crippen LogP contribution in [0.4, 0.5) is 5.13 Å². The van der Waals surface area contributed by atoms with Crippen molar-refractivity contribution in [1.82, 2.24) is 15.2 Å². The van der Waals surface area contributed by atoms with Gasteiger partial charge in [0.25, 0.3) is 5.91 Å². The number of amides is 2. The quantitative estimate of drug-likeness (QED) is 0.858. The van der Waals surface area contributed by atoms with Gasteiger partial charge >= 0.3 is 0 Å². The number of carbonyl (C=O) groups is 2. The van der Waals surface area contributed by atoms with Gasteiger partial charge in [-0.25, -0.2) is 4.98 Å². The number of rotatable bonds is 4. The maximum atomic E-state index is 12.1. The van der Waals surface area contributed by atoms with E-state index in [2.05, 4.69) is 20.5 Å². The van der Waals surface area contributed by atoms with E-state index in [1.165, 1.54) is 22.7 Å². The summed E-state index contributed by atoms with van der Waals surface area (Å²) in [4.78, 5) is 32.0. The lowest BCUT2D eigenvalue weighted by Crippen LogP contribution is -2.46. The molecule has 2 amide bonds. The minimum absolute atomic E-state index is 0.0337. The molecule has 6 nitrogen and oxygen atoms in total. The molecular weight excluding hydrogens is 356 g/mol. The van der Waals surface area contributed by atoms with E-state index < -0.39 is 0 Å². The molecule has 0 unspecified atom stereocenters. The van der Waals surface area contributed by atoms with Crippen LogP contribution in [0.2, 0.25) is 0 Å². The molecule has 0 bridgehead atoms. The second-order valence-electron chi connectivity index (χ2n) is 7.11. The Morgan fingerprint density at radius 1 is 1.36 bits per heavy atom. The van der Waals surface area contributed by atoms with Crippen molar-refractivity contribution < 1.29 is 9.59 Å². The van der Waals surface area contributed by atoms with Crippen LogP contribution in [0.15, 0.2) is 16.8 Å². The van der Waals surface area contributed by atoms with Crippen molar-refractivity contribution in [3.05, 3.63) is 33.0 Å². The first-order chi connectivity index (χ1) is 11.8. The number of carbonyl (C=O) groups excluding carboxylic acids is 2. The number of fused-ring (bicyclic) bond motifs is 1. The zero-order valence-corrected chi connectivity index (χ0v) is 16.2. The zero-order chi connectivity index (χ0) is 18.0. The maximum absolute atomic E-state index is 12.1. The Hall–Kier alpha value is -1.77. The van der Waals surface area contributed by atoms with Gasteiger partial charge in [0.05, 0.1) is 17.8 Å². The molecule has 25 heavy (non-hydrogen) atoms. The Morgan fingerprint density at radius 3 is 2.84 bits per heavy atom. The monoisotopic (exact) mass is 378 g/mol. The summed E-state index contributed by atoms with van der Waals surface area (Å²) in [7, 11) is 0. The zero-order valence-electron chi connectivity index (χ0n) is 14.6. The Labute approximate surface area is 155 Å². The molecule has 0 fully saturated rings. The minimum atomic E-state index is -0.221. The van der Waals surface area contributed by atoms with E-state index in [4.69, 9.17) is 0 Å². The first-order valence-electron chi connectivity index (χ1n) is 8.16. The lowest BCUT2D eigenvalue weighted by Gasteiger charge is -2.27. The number of nitrogens with zero attached hydrogens (tertiary/aromatic N) is 2. The van der Waals surface area contributed by atoms with Crippen molar-refractivity contribution in [3.8, 4) is 0 Å². The number of anilines is 1. The molecule has 0 atom stereocenters. The van der Waals surface area contributed by atoms with Crippen LogP contribution in [0.1, 0.15) is 41.7 Å². The van der Waals surface area contributed by atoms with E-state index in [0.29, 0.717) is 23.8 Å². The van der Waals surface area contributed by atoms with E-state index in [9.17, 15) is 9.59 Å². The van der Waals surface area contributed by atoms with Crippen molar-refractivity contribution >= 4 is 39.6 Å². The molecule has 0 aromatic carbocycles. The number of aromatic nitrogens is 1. The third-order valence-corrected chi connectivity index (χ3v) is 5.38. The van der Waals surface area contributed by atoms with Crippen molar-refractivity contribution in [2.45, 2.75) is 39.3 Å². The highest BCUT2D eigenvalue weighted by Gasteiger charge is 2.24. The van der Waals surface area contributed by atoms with Gasteiger partial charge in [-0.3, -0.25) is 19.8 Å². The summed E-state index contributed by atoms with van der Waals surface area (Å²) >= 11 is 2.99. The van der Waals surface area contributed by atoms with E-state index >= 15 is 0 Å².